The number of nitrogens with zero attached hydrogens (tertiary/aromatic N) is 1. The Labute approximate surface area is 78.0 Å². The van der Waals surface area contributed by atoms with Crippen LogP contribution in [-0.2, 0) is 4.84 Å². The van der Waals surface area contributed by atoms with Crippen LogP contribution in [0.3, 0.4) is 0 Å². The van der Waals surface area contributed by atoms with Gasteiger partial charge in [-0.1, -0.05) is 20.8 Å². The Bertz CT molecular complexity index is 107. The molecule has 0 unspecified atom stereocenters. The first-order chi connectivity index (χ1) is 5.54. The lowest BCUT2D eigenvalue weighted by Crippen LogP contribution is -2.06. The van der Waals surface area contributed by atoms with E-state index in [1.54, 1.807) is 0 Å². The molecule has 0 rings (SSSR count). The molecule has 0 fully saturated rings. The van der Waals surface area contributed by atoms with Crippen LogP contribution < -0.4 is 0 Å². The normalized spacial score (nSPS) is 8.75. The molecular weight excluding hydrogens is 182 g/mol. The van der Waals surface area contributed by atoms with Crippen molar-refractivity contribution in [1.82, 2.24) is 0 Å². The highest BCUT2D eigenvalue weighted by Gasteiger charge is 1.96. The molecule has 0 bridgehead atoms. The van der Waals surface area contributed by atoms with Gasteiger partial charge in [0.05, 0.1) is 6.61 Å². The summed E-state index contributed by atoms with van der Waals surface area (Å²) in [7, 11) is 0. The van der Waals surface area contributed by atoms with Crippen LogP contribution >= 0.6 is 11.6 Å². The first-order valence-corrected chi connectivity index (χ1v) is 4.41. The number of alkyl halides is 1. The van der Waals surface area contributed by atoms with E-state index in [2.05, 4.69) is 4.84 Å². The van der Waals surface area contributed by atoms with Gasteiger partial charge >= 0.3 is 0 Å². The molecule has 0 saturated carbocycles. The third-order valence-electron chi connectivity index (χ3n) is 0.702. The standard InChI is InChI=1S/C4H9NO3.C3H7Cl/c1-4(2)3-8-5(6)7;1-2-3-4/h4H,3H2,1-2H3;2-3H2,1H3. The minimum absolute atomic E-state index is 0.188. The van der Waals surface area contributed by atoms with E-state index in [1.165, 1.54) is 0 Å². The second-order valence-electron chi connectivity index (χ2n) is 2.60. The van der Waals surface area contributed by atoms with Crippen molar-refractivity contribution in [3.05, 3.63) is 10.1 Å². The number of hydrogen-bond acceptors (Lipinski definition) is 3. The summed E-state index contributed by atoms with van der Waals surface area (Å²) in [6.45, 7) is 5.94. The van der Waals surface area contributed by atoms with Crippen LogP contribution in [0.25, 0.3) is 0 Å². The van der Waals surface area contributed by atoms with Crippen LogP contribution in [0.15, 0.2) is 0 Å². The fraction of sp³-hybridized carbons (Fsp3) is 1.00. The van der Waals surface area contributed by atoms with Crippen molar-refractivity contribution in [2.24, 2.45) is 5.92 Å². The monoisotopic (exact) mass is 197 g/mol. The Hall–Kier alpha value is -0.510. The quantitative estimate of drug-likeness (QED) is 0.395. The minimum atomic E-state index is -0.778. The molecular formula is C7H16ClNO3. The van der Waals surface area contributed by atoms with E-state index in [1.807, 2.05) is 20.8 Å². The van der Waals surface area contributed by atoms with Gasteiger partial charge < -0.3 is 4.84 Å². The smallest absolute Gasteiger partial charge is 0.294 e. The molecule has 0 heterocycles. The zero-order valence-electron chi connectivity index (χ0n) is 7.75. The van der Waals surface area contributed by atoms with Crippen molar-refractivity contribution in [1.29, 1.82) is 0 Å². The lowest BCUT2D eigenvalue weighted by molar-refractivity contribution is -0.759. The van der Waals surface area contributed by atoms with Gasteiger partial charge in [-0.2, -0.15) is 0 Å². The predicted molar refractivity (Wildman–Crippen MR) is 48.8 cm³/mol. The number of hydrogen-bond donors (Lipinski definition) is 0. The Morgan fingerprint density at radius 3 is 2.08 bits per heavy atom. The van der Waals surface area contributed by atoms with Gasteiger partial charge in [-0.3, -0.25) is 0 Å². The molecule has 0 N–H and O–H groups in total. The summed E-state index contributed by atoms with van der Waals surface area (Å²) in [6.07, 6.45) is 1.08. The van der Waals surface area contributed by atoms with E-state index in [9.17, 15) is 10.1 Å². The van der Waals surface area contributed by atoms with Crippen molar-refractivity contribution in [3.8, 4) is 0 Å². The Balaban J connectivity index is 0. The van der Waals surface area contributed by atoms with Crippen molar-refractivity contribution >= 4 is 11.6 Å². The highest BCUT2D eigenvalue weighted by atomic mass is 35.5. The molecule has 0 spiro atoms. The maximum absolute atomic E-state index is 9.49. The number of halogens is 1. The molecule has 0 aliphatic rings. The molecule has 4 nitrogen and oxygen atoms in total. The van der Waals surface area contributed by atoms with Crippen LogP contribution in [0, 0.1) is 16.0 Å². The molecule has 5 heteroatoms. The van der Waals surface area contributed by atoms with E-state index in [0.717, 1.165) is 12.3 Å². The molecule has 0 radical (unpaired) electrons. The summed E-state index contributed by atoms with van der Waals surface area (Å²) in [5.41, 5.74) is 0. The van der Waals surface area contributed by atoms with Gasteiger partial charge in [0.2, 0.25) is 0 Å². The van der Waals surface area contributed by atoms with E-state index >= 15 is 0 Å². The molecule has 12 heavy (non-hydrogen) atoms. The molecule has 0 aromatic rings. The highest BCUT2D eigenvalue weighted by Crippen LogP contribution is 1.90. The predicted octanol–water partition coefficient (Wildman–Crippen LogP) is 2.49. The number of rotatable bonds is 4. The van der Waals surface area contributed by atoms with Gasteiger partial charge in [-0.05, 0) is 12.3 Å². The van der Waals surface area contributed by atoms with E-state index in [-0.39, 0.29) is 12.5 Å². The summed E-state index contributed by atoms with van der Waals surface area (Å²) in [6, 6.07) is 0. The Morgan fingerprint density at radius 1 is 1.58 bits per heavy atom. The maximum Gasteiger partial charge on any atom is 0.294 e. The van der Waals surface area contributed by atoms with Gasteiger partial charge in [0.15, 0.2) is 0 Å². The topological polar surface area (TPSA) is 52.4 Å². The van der Waals surface area contributed by atoms with Crippen LogP contribution in [0.4, 0.5) is 0 Å². The van der Waals surface area contributed by atoms with Gasteiger partial charge in [-0.25, -0.2) is 0 Å². The second kappa shape index (κ2) is 10.5. The third kappa shape index (κ3) is 22.7. The summed E-state index contributed by atoms with van der Waals surface area (Å²) < 4.78 is 0. The highest BCUT2D eigenvalue weighted by molar-refractivity contribution is 6.17. The first-order valence-electron chi connectivity index (χ1n) is 3.87. The molecule has 0 amide bonds. The lowest BCUT2D eigenvalue weighted by Gasteiger charge is -1.99. The maximum atomic E-state index is 9.49. The van der Waals surface area contributed by atoms with Gasteiger partial charge in [0, 0.05) is 5.88 Å². The van der Waals surface area contributed by atoms with Crippen molar-refractivity contribution < 1.29 is 9.92 Å². The second-order valence-corrected chi connectivity index (χ2v) is 2.98. The molecule has 0 aliphatic carbocycles. The molecule has 0 aromatic heterocycles. The third-order valence-corrected chi connectivity index (χ3v) is 1.08. The first kappa shape index (κ1) is 14.0. The molecule has 0 atom stereocenters. The van der Waals surface area contributed by atoms with Crippen molar-refractivity contribution in [2.45, 2.75) is 27.2 Å². The van der Waals surface area contributed by atoms with Gasteiger partial charge in [0.25, 0.3) is 5.09 Å². The largest absolute Gasteiger partial charge is 0.314 e. The van der Waals surface area contributed by atoms with Gasteiger partial charge in [-0.15, -0.1) is 21.7 Å². The average Bonchev–Trinajstić information content (AvgIpc) is 2.01. The fourth-order valence-electron chi connectivity index (χ4n) is 0.210. The van der Waals surface area contributed by atoms with Crippen molar-refractivity contribution in [3.63, 3.8) is 0 Å². The lowest BCUT2D eigenvalue weighted by atomic mass is 10.2. The Kier molecular flexibility index (Phi) is 12.3. The van der Waals surface area contributed by atoms with Gasteiger partial charge in [0.1, 0.15) is 0 Å². The summed E-state index contributed by atoms with van der Waals surface area (Å²) in [5.74, 6) is 1.01. The van der Waals surface area contributed by atoms with Crippen LogP contribution in [-0.4, -0.2) is 17.6 Å². The van der Waals surface area contributed by atoms with Crippen molar-refractivity contribution in [2.75, 3.05) is 12.5 Å². The van der Waals surface area contributed by atoms with E-state index < -0.39 is 5.09 Å². The summed E-state index contributed by atoms with van der Waals surface area (Å²) in [4.78, 5) is 13.5. The molecule has 74 valence electrons. The molecule has 0 aliphatic heterocycles. The van der Waals surface area contributed by atoms with E-state index in [0.29, 0.717) is 0 Å². The summed E-state index contributed by atoms with van der Waals surface area (Å²) in [5, 5.41) is 8.71. The zero-order chi connectivity index (χ0) is 9.98. The average molecular weight is 198 g/mol. The summed E-state index contributed by atoms with van der Waals surface area (Å²) >= 11 is 5.19. The minimum Gasteiger partial charge on any atom is -0.314 e. The van der Waals surface area contributed by atoms with Crippen LogP contribution in [0.2, 0.25) is 0 Å². The van der Waals surface area contributed by atoms with Crippen LogP contribution in [0.5, 0.6) is 0 Å². The van der Waals surface area contributed by atoms with Crippen LogP contribution in [0.1, 0.15) is 27.2 Å². The molecule has 0 aromatic carbocycles. The molecule has 0 saturated heterocycles. The SMILES string of the molecule is CC(C)CO[N+](=O)[O-].CCCCl. The zero-order valence-corrected chi connectivity index (χ0v) is 8.50. The fourth-order valence-corrected chi connectivity index (χ4v) is 0.210. The Morgan fingerprint density at radius 2 is 2.00 bits per heavy atom. The van der Waals surface area contributed by atoms with E-state index in [4.69, 9.17) is 11.6 Å².